The molecule has 0 radical (unpaired) electrons. The zero-order chi connectivity index (χ0) is 35.8. The van der Waals surface area contributed by atoms with E-state index in [-0.39, 0.29) is 10.8 Å². The Labute approximate surface area is 298 Å². The van der Waals surface area contributed by atoms with Gasteiger partial charge in [-0.15, -0.1) is 20.4 Å². The molecule has 256 valence electrons. The van der Waals surface area contributed by atoms with Crippen LogP contribution >= 0.6 is 0 Å². The van der Waals surface area contributed by atoms with E-state index in [9.17, 15) is 0 Å². The molecule has 0 amide bonds. The van der Waals surface area contributed by atoms with Crippen LogP contribution in [-0.2, 0) is 10.8 Å². The summed E-state index contributed by atoms with van der Waals surface area (Å²) in [6.45, 7) is 13.0. The van der Waals surface area contributed by atoms with E-state index in [2.05, 4.69) is 107 Å². The summed E-state index contributed by atoms with van der Waals surface area (Å²) in [5.41, 5.74) is 10.3. The van der Waals surface area contributed by atoms with E-state index in [1.54, 1.807) is 18.7 Å². The Morgan fingerprint density at radius 2 is 0.635 bits per heavy atom. The van der Waals surface area contributed by atoms with E-state index in [0.29, 0.717) is 45.6 Å². The van der Waals surface area contributed by atoms with Gasteiger partial charge in [0.05, 0.1) is 70.3 Å². The van der Waals surface area contributed by atoms with Gasteiger partial charge >= 0.3 is 0 Å². The molecule has 0 atom stereocenters. The maximum absolute atomic E-state index is 4.92. The molecule has 16 bridgehead atoms. The van der Waals surface area contributed by atoms with Crippen molar-refractivity contribution in [1.82, 2.24) is 69.9 Å². The number of aromatic nitrogens is 14. The quantitative estimate of drug-likeness (QED) is 0.176. The van der Waals surface area contributed by atoms with Gasteiger partial charge in [0.15, 0.2) is 0 Å². The third kappa shape index (κ3) is 5.63. The van der Waals surface area contributed by atoms with E-state index >= 15 is 0 Å². The van der Waals surface area contributed by atoms with Crippen molar-refractivity contribution in [3.63, 3.8) is 0 Å². The minimum Gasteiger partial charge on any atom is -0.244 e. The summed E-state index contributed by atoms with van der Waals surface area (Å²) in [6.07, 6.45) is 7.51. The van der Waals surface area contributed by atoms with Gasteiger partial charge in [0.1, 0.15) is 22.8 Å². The van der Waals surface area contributed by atoms with Crippen molar-refractivity contribution >= 4 is 0 Å². The summed E-state index contributed by atoms with van der Waals surface area (Å²) in [5, 5.41) is 36.1. The molecule has 7 heterocycles. The van der Waals surface area contributed by atoms with Gasteiger partial charge < -0.3 is 0 Å². The van der Waals surface area contributed by atoms with Crippen LogP contribution in [0.3, 0.4) is 0 Å². The summed E-state index contributed by atoms with van der Waals surface area (Å²) < 4.78 is 7.03. The van der Waals surface area contributed by atoms with Crippen molar-refractivity contribution in [2.45, 2.75) is 52.4 Å². The molecule has 9 rings (SSSR count). The van der Waals surface area contributed by atoms with Gasteiger partial charge in [-0.3, -0.25) is 0 Å². The number of pyridine rings is 2. The average molecular weight is 687 g/mol. The molecule has 0 unspecified atom stereocenters. The van der Waals surface area contributed by atoms with Gasteiger partial charge in [-0.25, -0.2) is 28.7 Å². The highest BCUT2D eigenvalue weighted by molar-refractivity contribution is 5.63. The highest BCUT2D eigenvalue weighted by Gasteiger charge is 2.21. The molecule has 0 saturated heterocycles. The molecular formula is C38H34N14. The fourth-order valence-electron chi connectivity index (χ4n) is 6.05. The molecule has 8 aromatic rings. The molecule has 6 aromatic heterocycles. The van der Waals surface area contributed by atoms with E-state index in [1.807, 2.05) is 73.3 Å². The standard InChI is InChI=1S/C38H34N14/c1-37(2,3)23-13-25-17-26(14-23)50-20-34(42-46-50)30-10-8-12-32(40-30)36-22-52(48-44-36)28-16-24(38(4,5)6)15-27(18-28)51-21-35(43-47-51)31-11-7-9-29(39-31)33-19-49(25)45-41-33/h7-22H,1-6H3. The normalized spacial score (nSPS) is 12.4. The Bertz CT molecular complexity index is 2290. The average Bonchev–Trinajstić information content (AvgIpc) is 3.97. The Hall–Kier alpha value is -6.70. The van der Waals surface area contributed by atoms with Crippen LogP contribution < -0.4 is 0 Å². The first-order chi connectivity index (χ1) is 24.9. The van der Waals surface area contributed by atoms with E-state index in [0.717, 1.165) is 33.9 Å². The number of nitrogens with zero attached hydrogens (tertiary/aromatic N) is 14. The Kier molecular flexibility index (Phi) is 6.87. The lowest BCUT2D eigenvalue weighted by molar-refractivity contribution is 0.587. The monoisotopic (exact) mass is 686 g/mol. The molecule has 0 spiro atoms. The zero-order valence-corrected chi connectivity index (χ0v) is 29.5. The van der Waals surface area contributed by atoms with Gasteiger partial charge in [-0.05, 0) is 82.6 Å². The topological polar surface area (TPSA) is 149 Å². The Morgan fingerprint density at radius 3 is 0.885 bits per heavy atom. The fraction of sp³-hybridized carbons (Fsp3) is 0.211. The summed E-state index contributed by atoms with van der Waals surface area (Å²) >= 11 is 0. The van der Waals surface area contributed by atoms with Crippen molar-refractivity contribution in [3.05, 3.63) is 109 Å². The van der Waals surface area contributed by atoms with Crippen LogP contribution in [0.1, 0.15) is 52.7 Å². The summed E-state index contributed by atoms with van der Waals surface area (Å²) in [7, 11) is 0. The van der Waals surface area contributed by atoms with Crippen LogP contribution in [-0.4, -0.2) is 69.9 Å². The van der Waals surface area contributed by atoms with E-state index in [4.69, 9.17) is 9.97 Å². The Balaban J connectivity index is 1.24. The number of rotatable bonds is 0. The van der Waals surface area contributed by atoms with Crippen molar-refractivity contribution in [2.75, 3.05) is 0 Å². The van der Waals surface area contributed by atoms with Crippen LogP contribution in [0.25, 0.3) is 68.3 Å². The van der Waals surface area contributed by atoms with Crippen molar-refractivity contribution in [2.24, 2.45) is 0 Å². The maximum atomic E-state index is 4.92. The molecule has 52 heavy (non-hydrogen) atoms. The third-order valence-electron chi connectivity index (χ3n) is 9.12. The van der Waals surface area contributed by atoms with Crippen molar-refractivity contribution in [1.29, 1.82) is 0 Å². The van der Waals surface area contributed by atoms with Gasteiger partial charge in [0.25, 0.3) is 0 Å². The molecule has 0 aliphatic carbocycles. The molecule has 14 nitrogen and oxygen atoms in total. The smallest absolute Gasteiger partial charge is 0.131 e. The van der Waals surface area contributed by atoms with Crippen molar-refractivity contribution in [3.8, 4) is 68.3 Å². The largest absolute Gasteiger partial charge is 0.244 e. The lowest BCUT2D eigenvalue weighted by atomic mass is 9.86. The van der Waals surface area contributed by atoms with Gasteiger partial charge in [-0.2, -0.15) is 0 Å². The minimum absolute atomic E-state index is 0.157. The van der Waals surface area contributed by atoms with Crippen LogP contribution in [0.2, 0.25) is 0 Å². The molecule has 0 saturated carbocycles. The number of hydrogen-bond donors (Lipinski definition) is 0. The second-order valence-electron chi connectivity index (χ2n) is 15.0. The van der Waals surface area contributed by atoms with E-state index in [1.165, 1.54) is 0 Å². The zero-order valence-electron chi connectivity index (χ0n) is 29.5. The molecular weight excluding hydrogens is 653 g/mol. The molecule has 2 aromatic carbocycles. The van der Waals surface area contributed by atoms with Gasteiger partial charge in [-0.1, -0.05) is 74.5 Å². The maximum Gasteiger partial charge on any atom is 0.131 e. The van der Waals surface area contributed by atoms with E-state index < -0.39 is 0 Å². The van der Waals surface area contributed by atoms with Crippen LogP contribution in [0.4, 0.5) is 0 Å². The van der Waals surface area contributed by atoms with Crippen LogP contribution in [0.5, 0.6) is 0 Å². The first-order valence-corrected chi connectivity index (χ1v) is 16.9. The first-order valence-electron chi connectivity index (χ1n) is 16.9. The van der Waals surface area contributed by atoms with Gasteiger partial charge in [0, 0.05) is 0 Å². The number of hydrogen-bond acceptors (Lipinski definition) is 10. The minimum atomic E-state index is -0.157. The lowest BCUT2D eigenvalue weighted by Crippen LogP contribution is -2.13. The lowest BCUT2D eigenvalue weighted by Gasteiger charge is -2.21. The summed E-state index contributed by atoms with van der Waals surface area (Å²) in [4.78, 5) is 9.84. The van der Waals surface area contributed by atoms with Crippen LogP contribution in [0, 0.1) is 0 Å². The third-order valence-corrected chi connectivity index (χ3v) is 9.12. The molecule has 0 N–H and O–H groups in total. The summed E-state index contributed by atoms with van der Waals surface area (Å²) in [5.74, 6) is 0. The predicted molar refractivity (Wildman–Crippen MR) is 194 cm³/mol. The SMILES string of the molecule is CC(C)(C)c1cc2cc(c1)-n1cc(nn1)-c1cccc(n1)-c1cn(nn1)-c1cc(cc(C(C)(C)C)c1)-n1cc(nn1)-c1cccc(n1)-c1cn-2nn1. The Morgan fingerprint density at radius 1 is 0.365 bits per heavy atom. The number of fused-ring (bicyclic) bond motifs is 24. The molecule has 1 aliphatic rings. The second-order valence-corrected chi connectivity index (χ2v) is 15.0. The molecule has 0 fully saturated rings. The highest BCUT2D eigenvalue weighted by atomic mass is 15.5. The van der Waals surface area contributed by atoms with Crippen molar-refractivity contribution < 1.29 is 0 Å². The first kappa shape index (κ1) is 31.3. The number of benzene rings is 2. The second kappa shape index (κ2) is 11.4. The molecule has 14 heteroatoms. The molecule has 1 aliphatic heterocycles. The predicted octanol–water partition coefficient (Wildman–Crippen LogP) is 6.38. The van der Waals surface area contributed by atoms with Gasteiger partial charge in [0.2, 0.25) is 0 Å². The fourth-order valence-corrected chi connectivity index (χ4v) is 6.05. The van der Waals surface area contributed by atoms with Crippen LogP contribution in [0.15, 0.2) is 97.6 Å². The summed E-state index contributed by atoms with van der Waals surface area (Å²) in [6, 6.07) is 24.0. The highest BCUT2D eigenvalue weighted by Crippen LogP contribution is 2.31.